The molecule has 0 aliphatic heterocycles. The van der Waals surface area contributed by atoms with E-state index in [1.807, 2.05) is 12.1 Å². The molecule has 1 N–H and O–H groups in total. The van der Waals surface area contributed by atoms with Gasteiger partial charge in [-0.15, -0.1) is 0 Å². The van der Waals surface area contributed by atoms with E-state index >= 15 is 0 Å². The highest BCUT2D eigenvalue weighted by atomic mass is 17.1. The maximum atomic E-state index is 12.5. The Morgan fingerprint density at radius 3 is 1.95 bits per heavy atom. The predicted octanol–water partition coefficient (Wildman–Crippen LogP) is 10.2. The van der Waals surface area contributed by atoms with Crippen molar-refractivity contribution in [1.82, 2.24) is 14.1 Å². The van der Waals surface area contributed by atoms with Gasteiger partial charge in [-0.25, -0.2) is 14.3 Å². The Hall–Kier alpha value is -6.83. The lowest BCUT2D eigenvalue weighted by molar-refractivity contribution is -0.731. The van der Waals surface area contributed by atoms with Gasteiger partial charge in [0.1, 0.15) is 17.0 Å². The summed E-state index contributed by atoms with van der Waals surface area (Å²) in [7, 11) is 0. The fourth-order valence-corrected chi connectivity index (χ4v) is 8.29. The van der Waals surface area contributed by atoms with Crippen LogP contribution in [0.25, 0.3) is 44.3 Å². The number of benzene rings is 6. The minimum atomic E-state index is -0.847. The minimum Gasteiger partial charge on any atom is -0.296 e. The van der Waals surface area contributed by atoms with E-state index in [1.165, 1.54) is 11.6 Å². The van der Waals surface area contributed by atoms with Crippen molar-refractivity contribution in [2.75, 3.05) is 0 Å². The summed E-state index contributed by atoms with van der Waals surface area (Å²) >= 11 is 0. The zero-order chi connectivity index (χ0) is 37.7. The van der Waals surface area contributed by atoms with Crippen LogP contribution in [-0.2, 0) is 15.8 Å². The second-order valence-corrected chi connectivity index (χ2v) is 14.9. The normalized spacial score (nSPS) is 12.1. The van der Waals surface area contributed by atoms with Crippen molar-refractivity contribution in [1.29, 1.82) is 0 Å². The molecule has 9 aromatic rings. The van der Waals surface area contributed by atoms with Crippen LogP contribution in [0.4, 0.5) is 0 Å². The molecule has 3 aromatic heterocycles. The third kappa shape index (κ3) is 5.51. The van der Waals surface area contributed by atoms with E-state index in [1.54, 1.807) is 12.3 Å². The van der Waals surface area contributed by atoms with Crippen molar-refractivity contribution in [3.05, 3.63) is 204 Å². The maximum absolute atomic E-state index is 12.5. The van der Waals surface area contributed by atoms with Crippen LogP contribution in [0.3, 0.4) is 0 Å². The molecule has 6 aromatic carbocycles. The lowest BCUT2D eigenvalue weighted by Gasteiger charge is -2.37. The Morgan fingerprint density at radius 1 is 0.618 bits per heavy atom. The van der Waals surface area contributed by atoms with E-state index in [2.05, 4.69) is 185 Å². The van der Waals surface area contributed by atoms with Gasteiger partial charge in [0.25, 0.3) is 0 Å². The number of carbonyl (C=O) groups is 1. The van der Waals surface area contributed by atoms with Crippen molar-refractivity contribution in [3.63, 3.8) is 0 Å². The van der Waals surface area contributed by atoms with E-state index < -0.39 is 11.4 Å². The zero-order valence-electron chi connectivity index (χ0n) is 30.8. The van der Waals surface area contributed by atoms with E-state index in [0.717, 1.165) is 55.3 Å². The standard InChI is InChI=1S/C48H38N4O3/c1-47(2,3)51-32-50(42-23-12-13-24-43(42)51)38-20-14-19-36(30-38)48(34-15-6-4-7-16-34,35-17-8-5-9-18-35)37-25-26-40-39-21-10-11-22-41(39)52(44(40)31-37)45-29-33(27-28-49-45)46(53)55-54/h4-32H,1-3H3/p+1. The number of nitrogens with zero attached hydrogens (tertiary/aromatic N) is 4. The first kappa shape index (κ1) is 34.0. The molecule has 0 unspecified atom stereocenters. The highest BCUT2D eigenvalue weighted by Gasteiger charge is 2.39. The fourth-order valence-electron chi connectivity index (χ4n) is 8.29. The van der Waals surface area contributed by atoms with E-state index in [-0.39, 0.29) is 11.1 Å². The molecule has 7 heteroatoms. The molecule has 3 heterocycles. The van der Waals surface area contributed by atoms with Gasteiger partial charge in [-0.2, -0.15) is 9.82 Å². The summed E-state index contributed by atoms with van der Waals surface area (Å²) in [6.07, 6.45) is 3.78. The summed E-state index contributed by atoms with van der Waals surface area (Å²) in [5.74, 6) is -0.314. The van der Waals surface area contributed by atoms with Gasteiger partial charge in [0.15, 0.2) is 11.0 Å². The lowest BCUT2D eigenvalue weighted by atomic mass is 9.65. The number of aromatic nitrogens is 4. The number of para-hydroxylation sites is 3. The predicted molar refractivity (Wildman–Crippen MR) is 217 cm³/mol. The molecule has 0 aliphatic rings. The van der Waals surface area contributed by atoms with E-state index in [9.17, 15) is 10.1 Å². The number of fused-ring (bicyclic) bond motifs is 4. The van der Waals surface area contributed by atoms with Gasteiger partial charge in [-0.1, -0.05) is 115 Å². The number of imidazole rings is 1. The molecule has 7 nitrogen and oxygen atoms in total. The monoisotopic (exact) mass is 719 g/mol. The molecule has 0 radical (unpaired) electrons. The summed E-state index contributed by atoms with van der Waals surface area (Å²) in [6.45, 7) is 6.69. The molecule has 9 rings (SSSR count). The molecule has 0 amide bonds. The molecule has 268 valence electrons. The molecule has 0 atom stereocenters. The first-order valence-corrected chi connectivity index (χ1v) is 18.4. The molecular formula is C48H39N4O3+. The van der Waals surface area contributed by atoms with Crippen molar-refractivity contribution >= 4 is 38.8 Å². The number of pyridine rings is 1. The Balaban J connectivity index is 1.36. The van der Waals surface area contributed by atoms with Crippen LogP contribution in [0.1, 0.15) is 53.4 Å². The third-order valence-electron chi connectivity index (χ3n) is 10.7. The summed E-state index contributed by atoms with van der Waals surface area (Å²) in [4.78, 5) is 21.3. The van der Waals surface area contributed by atoms with Crippen molar-refractivity contribution in [2.45, 2.75) is 31.7 Å². The molecule has 55 heavy (non-hydrogen) atoms. The van der Waals surface area contributed by atoms with Crippen LogP contribution in [0.2, 0.25) is 0 Å². The van der Waals surface area contributed by atoms with Gasteiger partial charge in [-0.05, 0) is 91.6 Å². The van der Waals surface area contributed by atoms with Gasteiger partial charge in [0, 0.05) is 17.0 Å². The van der Waals surface area contributed by atoms with Crippen molar-refractivity contribution < 1.29 is 19.5 Å². The average molecular weight is 720 g/mol. The Kier molecular flexibility index (Phi) is 8.17. The number of rotatable bonds is 7. The van der Waals surface area contributed by atoms with Gasteiger partial charge in [-0.3, -0.25) is 9.45 Å². The van der Waals surface area contributed by atoms with Gasteiger partial charge >= 0.3 is 5.97 Å². The van der Waals surface area contributed by atoms with E-state index in [4.69, 9.17) is 4.98 Å². The lowest BCUT2D eigenvalue weighted by Crippen LogP contribution is -2.49. The number of hydrogen-bond acceptors (Lipinski definition) is 4. The van der Waals surface area contributed by atoms with Gasteiger partial charge < -0.3 is 0 Å². The quantitative estimate of drug-likeness (QED) is 0.0770. The van der Waals surface area contributed by atoms with Crippen LogP contribution in [0.15, 0.2) is 176 Å². The zero-order valence-corrected chi connectivity index (χ0v) is 30.8. The Morgan fingerprint density at radius 2 is 1.24 bits per heavy atom. The van der Waals surface area contributed by atoms with Gasteiger partial charge in [0.2, 0.25) is 6.33 Å². The number of carbonyl (C=O) groups excluding carboxylic acids is 1. The Labute approximate surface area is 318 Å². The molecule has 0 spiro atoms. The van der Waals surface area contributed by atoms with Crippen LogP contribution in [-0.4, -0.2) is 25.3 Å². The maximum Gasteiger partial charge on any atom is 0.372 e. The van der Waals surface area contributed by atoms with Crippen LogP contribution in [0.5, 0.6) is 0 Å². The minimum absolute atomic E-state index is 0.124. The smallest absolute Gasteiger partial charge is 0.296 e. The fraction of sp³-hybridized carbons (Fsp3) is 0.104. The summed E-state index contributed by atoms with van der Waals surface area (Å²) in [5.41, 5.74) is 8.94. The highest BCUT2D eigenvalue weighted by molar-refractivity contribution is 6.09. The molecule has 0 saturated heterocycles. The first-order chi connectivity index (χ1) is 26.8. The molecule has 0 fully saturated rings. The second kappa shape index (κ2) is 13.2. The topological polar surface area (TPSA) is 73.2 Å². The van der Waals surface area contributed by atoms with Crippen LogP contribution in [0, 0.1) is 0 Å². The van der Waals surface area contributed by atoms with Crippen molar-refractivity contribution in [2.24, 2.45) is 0 Å². The van der Waals surface area contributed by atoms with Crippen LogP contribution >= 0.6 is 0 Å². The molecular weight excluding hydrogens is 681 g/mol. The van der Waals surface area contributed by atoms with Crippen molar-refractivity contribution in [3.8, 4) is 11.5 Å². The molecule has 0 aliphatic carbocycles. The molecule has 0 saturated carbocycles. The second-order valence-electron chi connectivity index (χ2n) is 14.9. The third-order valence-corrected chi connectivity index (χ3v) is 10.7. The first-order valence-electron chi connectivity index (χ1n) is 18.4. The largest absolute Gasteiger partial charge is 0.372 e. The van der Waals surface area contributed by atoms with Gasteiger partial charge in [0.05, 0.1) is 22.0 Å². The average Bonchev–Trinajstić information content (AvgIpc) is 3.79. The Bertz CT molecular complexity index is 2830. The van der Waals surface area contributed by atoms with E-state index in [0.29, 0.717) is 5.82 Å². The summed E-state index contributed by atoms with van der Waals surface area (Å²) < 4.78 is 6.71. The summed E-state index contributed by atoms with van der Waals surface area (Å²) in [5, 5.41) is 11.3. The SMILES string of the molecule is CC(C)(C)[n+]1cn(-c2cccc(C(c3ccccc3)(c3ccccc3)c3ccc4c5ccccc5n(-c5cc(C(=O)OO)ccn5)c4c3)c2)c2ccccc21. The highest BCUT2D eigenvalue weighted by Crippen LogP contribution is 2.47. The summed E-state index contributed by atoms with van der Waals surface area (Å²) in [6, 6.07) is 56.9. The van der Waals surface area contributed by atoms with Crippen LogP contribution < -0.4 is 4.57 Å². The number of hydrogen-bond donors (Lipinski definition) is 1. The molecule has 0 bridgehead atoms.